The van der Waals surface area contributed by atoms with Crippen LogP contribution >= 0.6 is 0 Å². The maximum atomic E-state index is 12.3. The number of aromatic nitrogens is 3. The van der Waals surface area contributed by atoms with Crippen molar-refractivity contribution in [2.24, 2.45) is 0 Å². The maximum Gasteiger partial charge on any atom is 0.275 e. The van der Waals surface area contributed by atoms with Crippen LogP contribution in [-0.2, 0) is 0 Å². The first kappa shape index (κ1) is 15.0. The molecule has 0 saturated heterocycles. The zero-order valence-electron chi connectivity index (χ0n) is 12.8. The van der Waals surface area contributed by atoms with Crippen LogP contribution in [0.1, 0.15) is 41.7 Å². The fourth-order valence-corrected chi connectivity index (χ4v) is 1.67. The van der Waals surface area contributed by atoms with Crippen molar-refractivity contribution >= 4 is 17.7 Å². The highest BCUT2D eigenvalue weighted by molar-refractivity contribution is 6.02. The number of aryl methyl sites for hydroxylation is 1. The fourth-order valence-electron chi connectivity index (χ4n) is 1.67. The normalized spacial score (nSPS) is 10.8. The molecule has 2 aromatic heterocycles. The molecule has 2 heterocycles. The van der Waals surface area contributed by atoms with Crippen molar-refractivity contribution in [2.75, 3.05) is 24.3 Å². The van der Waals surface area contributed by atoms with Crippen molar-refractivity contribution < 1.29 is 9.32 Å². The molecule has 2 rings (SSSR count). The van der Waals surface area contributed by atoms with Crippen molar-refractivity contribution in [3.8, 4) is 0 Å². The molecule has 1 N–H and O–H groups in total. The van der Waals surface area contributed by atoms with E-state index in [1.807, 2.05) is 27.9 Å². The smallest absolute Gasteiger partial charge is 0.275 e. The van der Waals surface area contributed by atoms with Crippen molar-refractivity contribution in [2.45, 2.75) is 26.7 Å². The van der Waals surface area contributed by atoms with Crippen LogP contribution in [0.4, 0.5) is 11.8 Å². The number of rotatable bonds is 4. The van der Waals surface area contributed by atoms with Crippen molar-refractivity contribution in [3.63, 3.8) is 0 Å². The number of nitrogens with one attached hydrogen (secondary N) is 1. The van der Waals surface area contributed by atoms with Gasteiger partial charge in [-0.15, -0.1) is 0 Å². The molecule has 0 aromatic carbocycles. The van der Waals surface area contributed by atoms with Gasteiger partial charge in [-0.2, -0.15) is 0 Å². The standard InChI is InChI=1S/C14H19N5O2/c1-8(2)10-7-11(16-14(15-10)19(4)5)13(20)17-12-6-9(3)21-18-12/h6-8H,1-5H3,(H,17,18,20). The first-order valence-electron chi connectivity index (χ1n) is 6.67. The lowest BCUT2D eigenvalue weighted by atomic mass is 10.1. The van der Waals surface area contributed by atoms with E-state index in [0.717, 1.165) is 5.69 Å². The van der Waals surface area contributed by atoms with Gasteiger partial charge in [0.05, 0.1) is 0 Å². The molecule has 1 amide bonds. The number of hydrogen-bond donors (Lipinski definition) is 1. The minimum absolute atomic E-state index is 0.201. The molecule has 0 atom stereocenters. The highest BCUT2D eigenvalue weighted by Gasteiger charge is 2.15. The molecular formula is C14H19N5O2. The van der Waals surface area contributed by atoms with Crippen LogP contribution in [0.3, 0.4) is 0 Å². The second-order valence-corrected chi connectivity index (χ2v) is 5.30. The molecule has 0 aliphatic carbocycles. The topological polar surface area (TPSA) is 84.2 Å². The third-order valence-corrected chi connectivity index (χ3v) is 2.83. The largest absolute Gasteiger partial charge is 0.360 e. The van der Waals surface area contributed by atoms with Gasteiger partial charge in [-0.3, -0.25) is 4.79 Å². The van der Waals surface area contributed by atoms with Crippen LogP contribution < -0.4 is 10.2 Å². The summed E-state index contributed by atoms with van der Waals surface area (Å²) in [5.74, 6) is 1.37. The lowest BCUT2D eigenvalue weighted by Gasteiger charge is -2.14. The number of hydrogen-bond acceptors (Lipinski definition) is 6. The number of nitrogens with zero attached hydrogens (tertiary/aromatic N) is 4. The lowest BCUT2D eigenvalue weighted by Crippen LogP contribution is -2.20. The van der Waals surface area contributed by atoms with Gasteiger partial charge in [-0.05, 0) is 18.9 Å². The Morgan fingerprint density at radius 2 is 2.00 bits per heavy atom. The van der Waals surface area contributed by atoms with Crippen LogP contribution in [0, 0.1) is 6.92 Å². The third kappa shape index (κ3) is 3.56. The van der Waals surface area contributed by atoms with E-state index in [9.17, 15) is 4.79 Å². The van der Waals surface area contributed by atoms with Gasteiger partial charge < -0.3 is 14.7 Å². The molecule has 0 fully saturated rings. The molecule has 0 unspecified atom stereocenters. The van der Waals surface area contributed by atoms with Gasteiger partial charge in [0.1, 0.15) is 11.5 Å². The van der Waals surface area contributed by atoms with Gasteiger partial charge in [0, 0.05) is 25.9 Å². The SMILES string of the molecule is Cc1cc(NC(=O)c2cc(C(C)C)nc(N(C)C)n2)no1. The summed E-state index contributed by atoms with van der Waals surface area (Å²) in [5.41, 5.74) is 1.12. The summed E-state index contributed by atoms with van der Waals surface area (Å²) in [6.45, 7) is 5.79. The molecule has 0 radical (unpaired) electrons. The first-order valence-corrected chi connectivity index (χ1v) is 6.67. The van der Waals surface area contributed by atoms with Gasteiger partial charge in [0.25, 0.3) is 5.91 Å². The zero-order valence-corrected chi connectivity index (χ0v) is 12.8. The molecule has 7 nitrogen and oxygen atoms in total. The second kappa shape index (κ2) is 5.90. The summed E-state index contributed by atoms with van der Waals surface area (Å²) in [6.07, 6.45) is 0. The number of amides is 1. The maximum absolute atomic E-state index is 12.3. The summed E-state index contributed by atoms with van der Waals surface area (Å²) >= 11 is 0. The van der Waals surface area contributed by atoms with E-state index in [1.54, 1.807) is 24.0 Å². The number of carbonyl (C=O) groups excluding carboxylic acids is 1. The van der Waals surface area contributed by atoms with Crippen LogP contribution in [0.15, 0.2) is 16.7 Å². The molecule has 0 spiro atoms. The van der Waals surface area contributed by atoms with Gasteiger partial charge >= 0.3 is 0 Å². The third-order valence-electron chi connectivity index (χ3n) is 2.83. The number of carbonyl (C=O) groups is 1. The molecule has 0 saturated carbocycles. The van der Waals surface area contributed by atoms with E-state index in [4.69, 9.17) is 4.52 Å². The molecule has 21 heavy (non-hydrogen) atoms. The van der Waals surface area contributed by atoms with Gasteiger partial charge in [-0.1, -0.05) is 19.0 Å². The highest BCUT2D eigenvalue weighted by atomic mass is 16.5. The van der Waals surface area contributed by atoms with Crippen LogP contribution in [0.25, 0.3) is 0 Å². The lowest BCUT2D eigenvalue weighted by molar-refractivity contribution is 0.102. The molecule has 0 aliphatic rings. The van der Waals surface area contributed by atoms with Crippen molar-refractivity contribution in [1.82, 2.24) is 15.1 Å². The quantitative estimate of drug-likeness (QED) is 0.929. The van der Waals surface area contributed by atoms with Crippen LogP contribution in [0.2, 0.25) is 0 Å². The van der Waals surface area contributed by atoms with E-state index in [0.29, 0.717) is 23.2 Å². The summed E-state index contributed by atoms with van der Waals surface area (Å²) in [7, 11) is 3.67. The van der Waals surface area contributed by atoms with Gasteiger partial charge in [-0.25, -0.2) is 9.97 Å². The first-order chi connectivity index (χ1) is 9.86. The van der Waals surface area contributed by atoms with E-state index < -0.39 is 0 Å². The Morgan fingerprint density at radius 3 is 2.52 bits per heavy atom. The van der Waals surface area contributed by atoms with Crippen molar-refractivity contribution in [3.05, 3.63) is 29.3 Å². The van der Waals surface area contributed by atoms with Crippen LogP contribution in [0.5, 0.6) is 0 Å². The molecule has 7 heteroatoms. The molecular weight excluding hydrogens is 270 g/mol. The number of anilines is 2. The molecule has 0 aliphatic heterocycles. The minimum atomic E-state index is -0.337. The Hall–Kier alpha value is -2.44. The Balaban J connectivity index is 2.31. The molecule has 0 bridgehead atoms. The van der Waals surface area contributed by atoms with Gasteiger partial charge in [0.2, 0.25) is 5.95 Å². The molecule has 2 aromatic rings. The van der Waals surface area contributed by atoms with Crippen molar-refractivity contribution in [1.29, 1.82) is 0 Å². The van der Waals surface area contributed by atoms with E-state index in [1.165, 1.54) is 0 Å². The summed E-state index contributed by atoms with van der Waals surface area (Å²) in [4.78, 5) is 22.7. The van der Waals surface area contributed by atoms with E-state index >= 15 is 0 Å². The Bertz CT molecular complexity index is 622. The Morgan fingerprint density at radius 1 is 1.29 bits per heavy atom. The molecule has 112 valence electrons. The zero-order chi connectivity index (χ0) is 15.6. The van der Waals surface area contributed by atoms with E-state index in [2.05, 4.69) is 20.4 Å². The Kier molecular flexibility index (Phi) is 4.21. The average Bonchev–Trinajstić information content (AvgIpc) is 2.83. The monoisotopic (exact) mass is 289 g/mol. The summed E-state index contributed by atoms with van der Waals surface area (Å²) in [6, 6.07) is 3.34. The predicted octanol–water partition coefficient (Wildman–Crippen LogP) is 2.21. The fraction of sp³-hybridized carbons (Fsp3) is 0.429. The predicted molar refractivity (Wildman–Crippen MR) is 79.6 cm³/mol. The summed E-state index contributed by atoms with van der Waals surface area (Å²) in [5, 5.41) is 6.39. The van der Waals surface area contributed by atoms with E-state index in [-0.39, 0.29) is 11.8 Å². The highest BCUT2D eigenvalue weighted by Crippen LogP contribution is 2.17. The van der Waals surface area contributed by atoms with Crippen LogP contribution in [-0.4, -0.2) is 35.1 Å². The minimum Gasteiger partial charge on any atom is -0.360 e. The summed E-state index contributed by atoms with van der Waals surface area (Å²) < 4.78 is 4.92. The van der Waals surface area contributed by atoms with Gasteiger partial charge in [0.15, 0.2) is 5.82 Å². The second-order valence-electron chi connectivity index (χ2n) is 5.30. The Labute approximate surface area is 123 Å². The average molecular weight is 289 g/mol.